The van der Waals surface area contributed by atoms with Gasteiger partial charge in [0.15, 0.2) is 5.13 Å². The Bertz CT molecular complexity index is 313. The first kappa shape index (κ1) is 10.9. The molecule has 14 heavy (non-hydrogen) atoms. The van der Waals surface area contributed by atoms with E-state index in [9.17, 15) is 4.79 Å². The van der Waals surface area contributed by atoms with Gasteiger partial charge in [-0.2, -0.15) is 0 Å². The van der Waals surface area contributed by atoms with Crippen LogP contribution in [0.5, 0.6) is 0 Å². The van der Waals surface area contributed by atoms with Crippen molar-refractivity contribution in [3.8, 4) is 0 Å². The first-order chi connectivity index (χ1) is 6.67. The maximum Gasteiger partial charge on any atom is 0.263 e. The number of hydrogen-bond donors (Lipinski definition) is 3. The third kappa shape index (κ3) is 2.68. The molecule has 0 bridgehead atoms. The summed E-state index contributed by atoms with van der Waals surface area (Å²) in [4.78, 5) is 16.0. The monoisotopic (exact) mass is 215 g/mol. The molecular formula is C8H13N3O2S. The van der Waals surface area contributed by atoms with Gasteiger partial charge < -0.3 is 15.7 Å². The second-order valence-corrected chi connectivity index (χ2v) is 3.87. The molecule has 0 aromatic carbocycles. The van der Waals surface area contributed by atoms with E-state index in [0.29, 0.717) is 10.0 Å². The summed E-state index contributed by atoms with van der Waals surface area (Å²) in [6, 6.07) is -0.234. The molecule has 5 nitrogen and oxygen atoms in total. The molecule has 0 radical (unpaired) electrons. The summed E-state index contributed by atoms with van der Waals surface area (Å²) in [7, 11) is 1.75. The van der Waals surface area contributed by atoms with Gasteiger partial charge in [0, 0.05) is 13.1 Å². The van der Waals surface area contributed by atoms with E-state index in [2.05, 4.69) is 15.6 Å². The molecule has 1 atom stereocenters. The lowest BCUT2D eigenvalue weighted by Gasteiger charge is -2.08. The van der Waals surface area contributed by atoms with Crippen LogP contribution in [0.2, 0.25) is 0 Å². The van der Waals surface area contributed by atoms with Crippen molar-refractivity contribution in [3.05, 3.63) is 11.1 Å². The van der Waals surface area contributed by atoms with Crippen LogP contribution < -0.4 is 10.6 Å². The number of hydrogen-bond acceptors (Lipinski definition) is 5. The van der Waals surface area contributed by atoms with Crippen LogP contribution in [0, 0.1) is 0 Å². The van der Waals surface area contributed by atoms with Crippen molar-refractivity contribution in [3.63, 3.8) is 0 Å². The summed E-state index contributed by atoms with van der Waals surface area (Å²) in [5, 5.41) is 14.9. The highest BCUT2D eigenvalue weighted by Gasteiger charge is 2.11. The van der Waals surface area contributed by atoms with Gasteiger partial charge in [-0.15, -0.1) is 0 Å². The summed E-state index contributed by atoms with van der Waals surface area (Å²) in [6.45, 7) is 1.67. The molecule has 0 aliphatic heterocycles. The number of nitrogens with zero attached hydrogens (tertiary/aromatic N) is 1. The van der Waals surface area contributed by atoms with Crippen LogP contribution in [0.3, 0.4) is 0 Å². The van der Waals surface area contributed by atoms with Gasteiger partial charge in [-0.1, -0.05) is 11.3 Å². The predicted molar refractivity (Wildman–Crippen MR) is 55.7 cm³/mol. The topological polar surface area (TPSA) is 74.2 Å². The number of aliphatic hydroxyl groups excluding tert-OH is 1. The average Bonchev–Trinajstić information content (AvgIpc) is 2.65. The summed E-state index contributed by atoms with van der Waals surface area (Å²) in [6.07, 6.45) is 1.51. The van der Waals surface area contributed by atoms with Gasteiger partial charge >= 0.3 is 0 Å². The van der Waals surface area contributed by atoms with Gasteiger partial charge in [0.1, 0.15) is 4.88 Å². The number of carbonyl (C=O) groups is 1. The number of amides is 1. The maximum atomic E-state index is 11.5. The van der Waals surface area contributed by atoms with E-state index in [1.807, 2.05) is 0 Å². The van der Waals surface area contributed by atoms with Gasteiger partial charge in [0.2, 0.25) is 0 Å². The summed E-state index contributed by atoms with van der Waals surface area (Å²) in [5.74, 6) is -0.203. The molecule has 0 saturated carbocycles. The van der Waals surface area contributed by atoms with Crippen LogP contribution >= 0.6 is 11.3 Å². The molecule has 1 aromatic heterocycles. The molecule has 0 spiro atoms. The van der Waals surface area contributed by atoms with Crippen molar-refractivity contribution in [2.45, 2.75) is 13.0 Å². The fraction of sp³-hybridized carbons (Fsp3) is 0.500. The molecule has 1 heterocycles. The largest absolute Gasteiger partial charge is 0.394 e. The Kier molecular flexibility index (Phi) is 3.84. The van der Waals surface area contributed by atoms with Gasteiger partial charge in [0.05, 0.1) is 12.8 Å². The Balaban J connectivity index is 2.60. The Labute approximate surface area is 86.2 Å². The summed E-state index contributed by atoms with van der Waals surface area (Å²) >= 11 is 1.28. The minimum absolute atomic E-state index is 0.0660. The van der Waals surface area contributed by atoms with Crippen LogP contribution in [-0.4, -0.2) is 35.7 Å². The van der Waals surface area contributed by atoms with Crippen LogP contribution in [0.25, 0.3) is 0 Å². The minimum atomic E-state index is -0.234. The molecule has 78 valence electrons. The minimum Gasteiger partial charge on any atom is -0.394 e. The SMILES string of the molecule is CNc1ncc(C(=O)NC(C)CO)s1. The van der Waals surface area contributed by atoms with Crippen molar-refractivity contribution in [2.75, 3.05) is 19.0 Å². The highest BCUT2D eigenvalue weighted by molar-refractivity contribution is 7.17. The number of thiazole rings is 1. The first-order valence-electron chi connectivity index (χ1n) is 4.22. The maximum absolute atomic E-state index is 11.5. The molecule has 0 saturated heterocycles. The lowest BCUT2D eigenvalue weighted by Crippen LogP contribution is -2.34. The Morgan fingerprint density at radius 3 is 3.00 bits per heavy atom. The molecular weight excluding hydrogens is 202 g/mol. The lowest BCUT2D eigenvalue weighted by atomic mass is 10.3. The van der Waals surface area contributed by atoms with E-state index < -0.39 is 0 Å². The zero-order valence-corrected chi connectivity index (χ0v) is 8.89. The zero-order chi connectivity index (χ0) is 10.6. The molecule has 1 aromatic rings. The van der Waals surface area contributed by atoms with E-state index in [1.54, 1.807) is 14.0 Å². The molecule has 1 rings (SSSR count). The summed E-state index contributed by atoms with van der Waals surface area (Å²) in [5.41, 5.74) is 0. The number of aliphatic hydroxyl groups is 1. The van der Waals surface area contributed by atoms with Crippen molar-refractivity contribution in [1.29, 1.82) is 0 Å². The molecule has 6 heteroatoms. The predicted octanol–water partition coefficient (Wildman–Crippen LogP) is 0.295. The zero-order valence-electron chi connectivity index (χ0n) is 8.07. The standard InChI is InChI=1S/C8H13N3O2S/c1-5(4-12)11-7(13)6-3-10-8(9-2)14-6/h3,5,12H,4H2,1-2H3,(H,9,10)(H,11,13). The highest BCUT2D eigenvalue weighted by Crippen LogP contribution is 2.16. The summed E-state index contributed by atoms with van der Waals surface area (Å²) < 4.78 is 0. The third-order valence-corrected chi connectivity index (χ3v) is 2.61. The van der Waals surface area contributed by atoms with Crippen LogP contribution in [0.15, 0.2) is 6.20 Å². The number of rotatable bonds is 4. The third-order valence-electron chi connectivity index (χ3n) is 1.59. The van der Waals surface area contributed by atoms with Crippen molar-refractivity contribution in [1.82, 2.24) is 10.3 Å². The van der Waals surface area contributed by atoms with Crippen molar-refractivity contribution < 1.29 is 9.90 Å². The molecule has 0 aliphatic carbocycles. The van der Waals surface area contributed by atoms with E-state index in [0.717, 1.165) is 0 Å². The van der Waals surface area contributed by atoms with Crippen LogP contribution in [-0.2, 0) is 0 Å². The molecule has 1 amide bonds. The number of aromatic nitrogens is 1. The lowest BCUT2D eigenvalue weighted by molar-refractivity contribution is 0.0926. The van der Waals surface area contributed by atoms with Gasteiger partial charge in [-0.05, 0) is 6.92 Å². The van der Waals surface area contributed by atoms with Crippen LogP contribution in [0.4, 0.5) is 5.13 Å². The van der Waals surface area contributed by atoms with Crippen LogP contribution in [0.1, 0.15) is 16.6 Å². The van der Waals surface area contributed by atoms with E-state index in [4.69, 9.17) is 5.11 Å². The van der Waals surface area contributed by atoms with E-state index in [-0.39, 0.29) is 18.6 Å². The van der Waals surface area contributed by atoms with Crippen molar-refractivity contribution in [2.24, 2.45) is 0 Å². The van der Waals surface area contributed by atoms with Crippen molar-refractivity contribution >= 4 is 22.4 Å². The first-order valence-corrected chi connectivity index (χ1v) is 5.04. The van der Waals surface area contributed by atoms with E-state index in [1.165, 1.54) is 17.5 Å². The van der Waals surface area contributed by atoms with Gasteiger partial charge in [-0.3, -0.25) is 4.79 Å². The second-order valence-electron chi connectivity index (χ2n) is 2.84. The quantitative estimate of drug-likeness (QED) is 0.675. The Morgan fingerprint density at radius 2 is 2.50 bits per heavy atom. The second kappa shape index (κ2) is 4.92. The molecule has 1 unspecified atom stereocenters. The number of nitrogens with one attached hydrogen (secondary N) is 2. The Hall–Kier alpha value is -1.14. The number of carbonyl (C=O) groups excluding carboxylic acids is 1. The number of anilines is 1. The fourth-order valence-corrected chi connectivity index (χ4v) is 1.51. The highest BCUT2D eigenvalue weighted by atomic mass is 32.1. The molecule has 0 fully saturated rings. The van der Waals surface area contributed by atoms with Gasteiger partial charge in [0.25, 0.3) is 5.91 Å². The molecule has 0 aliphatic rings. The average molecular weight is 215 g/mol. The van der Waals surface area contributed by atoms with E-state index >= 15 is 0 Å². The Morgan fingerprint density at radius 1 is 1.79 bits per heavy atom. The van der Waals surface area contributed by atoms with Gasteiger partial charge in [-0.25, -0.2) is 4.98 Å². The smallest absolute Gasteiger partial charge is 0.263 e. The fourth-order valence-electron chi connectivity index (χ4n) is 0.835. The normalized spacial score (nSPS) is 12.2. The molecule has 3 N–H and O–H groups in total.